The van der Waals surface area contributed by atoms with Crippen molar-refractivity contribution in [2.45, 2.75) is 20.3 Å². The standard InChI is InChI=1S/C13H18N2O3S/c1-10-4-5-12(8-11(10)2)14-13(16)9-15-6-3-7-19(15,17)18/h4-5,8H,3,6-7,9H2,1-2H3,(H,14,16). The van der Waals surface area contributed by atoms with Gasteiger partial charge in [0.1, 0.15) is 0 Å². The van der Waals surface area contributed by atoms with Gasteiger partial charge in [-0.25, -0.2) is 8.42 Å². The van der Waals surface area contributed by atoms with Crippen molar-refractivity contribution in [2.24, 2.45) is 0 Å². The van der Waals surface area contributed by atoms with E-state index in [1.54, 1.807) is 0 Å². The van der Waals surface area contributed by atoms with Crippen LogP contribution in [-0.4, -0.2) is 37.5 Å². The molecule has 0 spiro atoms. The van der Waals surface area contributed by atoms with Crippen LogP contribution in [0.4, 0.5) is 5.69 Å². The molecule has 0 aliphatic carbocycles. The molecule has 19 heavy (non-hydrogen) atoms. The lowest BCUT2D eigenvalue weighted by atomic mass is 10.1. The SMILES string of the molecule is Cc1ccc(NC(=O)CN2CCCS2(=O)=O)cc1C. The van der Waals surface area contributed by atoms with E-state index in [-0.39, 0.29) is 18.2 Å². The van der Waals surface area contributed by atoms with E-state index >= 15 is 0 Å². The molecule has 1 aliphatic heterocycles. The normalized spacial score (nSPS) is 18.4. The second-order valence-electron chi connectivity index (χ2n) is 4.85. The summed E-state index contributed by atoms with van der Waals surface area (Å²) in [7, 11) is -3.22. The maximum absolute atomic E-state index is 11.8. The Hall–Kier alpha value is -1.40. The molecule has 0 bridgehead atoms. The molecule has 1 aromatic carbocycles. The first-order valence-electron chi connectivity index (χ1n) is 6.23. The van der Waals surface area contributed by atoms with Crippen molar-refractivity contribution in [2.75, 3.05) is 24.2 Å². The van der Waals surface area contributed by atoms with Crippen molar-refractivity contribution in [3.05, 3.63) is 29.3 Å². The molecule has 2 rings (SSSR count). The summed E-state index contributed by atoms with van der Waals surface area (Å²) in [5, 5.41) is 2.73. The summed E-state index contributed by atoms with van der Waals surface area (Å²) in [6, 6.07) is 5.63. The maximum atomic E-state index is 11.8. The van der Waals surface area contributed by atoms with Crippen LogP contribution in [0.15, 0.2) is 18.2 Å². The monoisotopic (exact) mass is 282 g/mol. The number of anilines is 1. The van der Waals surface area contributed by atoms with Gasteiger partial charge < -0.3 is 5.32 Å². The molecule has 1 saturated heterocycles. The fourth-order valence-corrected chi connectivity index (χ4v) is 3.52. The lowest BCUT2D eigenvalue weighted by Gasteiger charge is -2.14. The van der Waals surface area contributed by atoms with E-state index < -0.39 is 10.0 Å². The molecular formula is C13H18N2O3S. The molecule has 1 aromatic rings. The zero-order valence-electron chi connectivity index (χ0n) is 11.1. The first kappa shape index (κ1) is 14.0. The summed E-state index contributed by atoms with van der Waals surface area (Å²) in [5.74, 6) is -0.155. The van der Waals surface area contributed by atoms with E-state index in [2.05, 4.69) is 5.32 Å². The van der Waals surface area contributed by atoms with Crippen molar-refractivity contribution in [1.82, 2.24) is 4.31 Å². The van der Waals surface area contributed by atoms with Gasteiger partial charge in [0.25, 0.3) is 0 Å². The molecule has 0 aromatic heterocycles. The molecule has 1 aliphatic rings. The molecule has 1 N–H and O–H groups in total. The smallest absolute Gasteiger partial charge is 0.239 e. The molecule has 1 fully saturated rings. The number of aryl methyl sites for hydroxylation is 2. The predicted molar refractivity (Wildman–Crippen MR) is 74.5 cm³/mol. The highest BCUT2D eigenvalue weighted by Gasteiger charge is 2.29. The largest absolute Gasteiger partial charge is 0.325 e. The Kier molecular flexibility index (Phi) is 3.91. The molecule has 0 radical (unpaired) electrons. The minimum absolute atomic E-state index is 0.102. The van der Waals surface area contributed by atoms with Gasteiger partial charge in [-0.15, -0.1) is 0 Å². The van der Waals surface area contributed by atoms with Crippen LogP contribution in [0.3, 0.4) is 0 Å². The Bertz CT molecular complexity index is 596. The molecular weight excluding hydrogens is 264 g/mol. The molecule has 1 heterocycles. The second-order valence-corrected chi connectivity index (χ2v) is 6.94. The zero-order chi connectivity index (χ0) is 14.0. The van der Waals surface area contributed by atoms with Crippen LogP contribution in [-0.2, 0) is 14.8 Å². The van der Waals surface area contributed by atoms with Gasteiger partial charge in [0.05, 0.1) is 12.3 Å². The van der Waals surface area contributed by atoms with Gasteiger partial charge in [-0.1, -0.05) is 6.07 Å². The predicted octanol–water partition coefficient (Wildman–Crippen LogP) is 1.28. The van der Waals surface area contributed by atoms with Crippen LogP contribution in [0.5, 0.6) is 0 Å². The lowest BCUT2D eigenvalue weighted by molar-refractivity contribution is -0.116. The number of hydrogen-bond donors (Lipinski definition) is 1. The van der Waals surface area contributed by atoms with Crippen molar-refractivity contribution < 1.29 is 13.2 Å². The summed E-state index contributed by atoms with van der Waals surface area (Å²) in [4.78, 5) is 11.8. The van der Waals surface area contributed by atoms with Crippen LogP contribution < -0.4 is 5.32 Å². The highest BCUT2D eigenvalue weighted by atomic mass is 32.2. The highest BCUT2D eigenvalue weighted by Crippen LogP contribution is 2.16. The van der Waals surface area contributed by atoms with E-state index in [0.29, 0.717) is 18.7 Å². The molecule has 0 unspecified atom stereocenters. The van der Waals surface area contributed by atoms with Crippen LogP contribution in [0, 0.1) is 13.8 Å². The van der Waals surface area contributed by atoms with Crippen molar-refractivity contribution in [3.63, 3.8) is 0 Å². The minimum Gasteiger partial charge on any atom is -0.325 e. The number of sulfonamides is 1. The highest BCUT2D eigenvalue weighted by molar-refractivity contribution is 7.89. The Labute approximate surface area is 113 Å². The van der Waals surface area contributed by atoms with Crippen molar-refractivity contribution in [3.8, 4) is 0 Å². The third-order valence-electron chi connectivity index (χ3n) is 3.31. The first-order valence-corrected chi connectivity index (χ1v) is 7.84. The summed E-state index contributed by atoms with van der Waals surface area (Å²) in [6.07, 6.45) is 0.596. The second kappa shape index (κ2) is 5.30. The lowest BCUT2D eigenvalue weighted by Crippen LogP contribution is -2.34. The molecule has 0 atom stereocenters. The average Bonchev–Trinajstić information content (AvgIpc) is 2.63. The molecule has 1 amide bonds. The topological polar surface area (TPSA) is 66.5 Å². The number of carbonyl (C=O) groups is 1. The number of benzene rings is 1. The van der Waals surface area contributed by atoms with E-state index in [0.717, 1.165) is 11.1 Å². The first-order chi connectivity index (χ1) is 8.88. The number of nitrogens with zero attached hydrogens (tertiary/aromatic N) is 1. The number of nitrogens with one attached hydrogen (secondary N) is 1. The Morgan fingerprint density at radius 1 is 1.32 bits per heavy atom. The summed E-state index contributed by atoms with van der Waals surface area (Å²) >= 11 is 0. The Morgan fingerprint density at radius 2 is 2.05 bits per heavy atom. The van der Waals surface area contributed by atoms with Gasteiger partial charge in [0.15, 0.2) is 0 Å². The van der Waals surface area contributed by atoms with Crippen molar-refractivity contribution in [1.29, 1.82) is 0 Å². The van der Waals surface area contributed by atoms with Gasteiger partial charge >= 0.3 is 0 Å². The summed E-state index contributed by atoms with van der Waals surface area (Å²) < 4.78 is 24.4. The summed E-state index contributed by atoms with van der Waals surface area (Å²) in [5.41, 5.74) is 2.94. The van der Waals surface area contributed by atoms with Gasteiger partial charge in [0.2, 0.25) is 15.9 Å². The number of rotatable bonds is 3. The molecule has 104 valence electrons. The van der Waals surface area contributed by atoms with Crippen LogP contribution in [0.2, 0.25) is 0 Å². The minimum atomic E-state index is -3.22. The van der Waals surface area contributed by atoms with E-state index in [9.17, 15) is 13.2 Å². The van der Waals surface area contributed by atoms with Gasteiger partial charge in [-0.3, -0.25) is 4.79 Å². The molecule has 6 heteroatoms. The van der Waals surface area contributed by atoms with Crippen LogP contribution >= 0.6 is 0 Å². The third kappa shape index (κ3) is 3.33. The van der Waals surface area contributed by atoms with E-state index in [4.69, 9.17) is 0 Å². The number of amides is 1. The fraction of sp³-hybridized carbons (Fsp3) is 0.462. The maximum Gasteiger partial charge on any atom is 0.239 e. The average molecular weight is 282 g/mol. The quantitative estimate of drug-likeness (QED) is 0.908. The van der Waals surface area contributed by atoms with Gasteiger partial charge in [0, 0.05) is 12.2 Å². The van der Waals surface area contributed by atoms with E-state index in [1.807, 2.05) is 32.0 Å². The van der Waals surface area contributed by atoms with Crippen molar-refractivity contribution >= 4 is 21.6 Å². The molecule has 0 saturated carbocycles. The fourth-order valence-electron chi connectivity index (χ4n) is 2.05. The zero-order valence-corrected chi connectivity index (χ0v) is 12.0. The third-order valence-corrected chi connectivity index (χ3v) is 5.22. The number of hydrogen-bond acceptors (Lipinski definition) is 3. The summed E-state index contributed by atoms with van der Waals surface area (Å²) in [6.45, 7) is 4.30. The van der Waals surface area contributed by atoms with Gasteiger partial charge in [-0.05, 0) is 43.5 Å². The number of carbonyl (C=O) groups excluding carboxylic acids is 1. The Balaban J connectivity index is 2.00. The van der Waals surface area contributed by atoms with Crippen LogP contribution in [0.1, 0.15) is 17.5 Å². The Morgan fingerprint density at radius 3 is 2.63 bits per heavy atom. The van der Waals surface area contributed by atoms with E-state index in [1.165, 1.54) is 4.31 Å². The van der Waals surface area contributed by atoms with Gasteiger partial charge in [-0.2, -0.15) is 4.31 Å². The molecule has 5 nitrogen and oxygen atoms in total. The van der Waals surface area contributed by atoms with Crippen LogP contribution in [0.25, 0.3) is 0 Å².